The molecule has 0 saturated heterocycles. The third-order valence-corrected chi connectivity index (χ3v) is 11.7. The fraction of sp³-hybridized carbons (Fsp3) is 0.194. The number of fused-ring (bicyclic) bond motifs is 4. The van der Waals surface area contributed by atoms with Gasteiger partial charge in [0.05, 0.1) is 13.8 Å². The third-order valence-electron chi connectivity index (χ3n) is 8.44. The van der Waals surface area contributed by atoms with Crippen LogP contribution in [-0.2, 0) is 47.5 Å². The van der Waals surface area contributed by atoms with Gasteiger partial charge in [0, 0.05) is 60.0 Å². The van der Waals surface area contributed by atoms with Crippen molar-refractivity contribution in [1.82, 2.24) is 14.5 Å². The van der Waals surface area contributed by atoms with Gasteiger partial charge in [-0.05, 0) is 48.2 Å². The summed E-state index contributed by atoms with van der Waals surface area (Å²) in [7, 11) is -0.216. The second-order valence-electron chi connectivity index (χ2n) is 12.7. The summed E-state index contributed by atoms with van der Waals surface area (Å²) in [4.78, 5) is 13.6. The van der Waals surface area contributed by atoms with E-state index in [0.29, 0.717) is 0 Å². The minimum atomic E-state index is -2.26. The molecular formula is C36H34N5Pt2Si-3. The van der Waals surface area contributed by atoms with Crippen molar-refractivity contribution in [2.45, 2.75) is 39.3 Å². The number of aromatic nitrogens is 3. The monoisotopic (exact) mass is 954 g/mol. The Morgan fingerprint density at radius 3 is 2.27 bits per heavy atom. The van der Waals surface area contributed by atoms with Crippen LogP contribution in [0.3, 0.4) is 0 Å². The molecule has 0 N–H and O–H groups in total. The molecule has 3 aromatic carbocycles. The Balaban J connectivity index is 0.00000192. The molecule has 8 heteroatoms. The predicted molar refractivity (Wildman–Crippen MR) is 177 cm³/mol. The largest absolute Gasteiger partial charge is 0.492 e. The number of hydrogen-bond donors (Lipinski definition) is 0. The van der Waals surface area contributed by atoms with Gasteiger partial charge in [-0.15, -0.1) is 17.1 Å². The van der Waals surface area contributed by atoms with Gasteiger partial charge in [0.1, 0.15) is 11.6 Å². The Hall–Kier alpha value is -3.05. The minimum Gasteiger partial charge on any atom is -0.492 e. The number of rotatable bonds is 4. The fourth-order valence-corrected chi connectivity index (χ4v) is 8.09. The van der Waals surface area contributed by atoms with Crippen LogP contribution in [0.2, 0.25) is 13.1 Å². The van der Waals surface area contributed by atoms with E-state index in [0.717, 1.165) is 34.0 Å². The van der Waals surface area contributed by atoms with Crippen molar-refractivity contribution in [2.24, 2.45) is 0 Å². The van der Waals surface area contributed by atoms with Crippen LogP contribution in [0.4, 0.5) is 17.2 Å². The fourth-order valence-electron chi connectivity index (χ4n) is 5.91. The molecule has 0 unspecified atom stereocenters. The Morgan fingerprint density at radius 1 is 0.773 bits per heavy atom. The van der Waals surface area contributed by atoms with Gasteiger partial charge in [0.15, 0.2) is 0 Å². The van der Waals surface area contributed by atoms with E-state index in [2.05, 4.69) is 133 Å². The summed E-state index contributed by atoms with van der Waals surface area (Å²) in [5.74, 6) is 1.85. The van der Waals surface area contributed by atoms with Gasteiger partial charge >= 0.3 is 0 Å². The van der Waals surface area contributed by atoms with Crippen molar-refractivity contribution < 1.29 is 42.1 Å². The first kappa shape index (κ1) is 32.3. The van der Waals surface area contributed by atoms with E-state index in [1.54, 1.807) is 0 Å². The Morgan fingerprint density at radius 2 is 1.52 bits per heavy atom. The van der Waals surface area contributed by atoms with Crippen LogP contribution in [0.1, 0.15) is 26.3 Å². The molecule has 1 aliphatic heterocycles. The van der Waals surface area contributed by atoms with Gasteiger partial charge in [-0.25, -0.2) is 9.97 Å². The van der Waals surface area contributed by atoms with Gasteiger partial charge in [-0.2, -0.15) is 52.9 Å². The number of nitrogens with zero attached hydrogens (tertiary/aromatic N) is 5. The summed E-state index contributed by atoms with van der Waals surface area (Å²) in [5.41, 5.74) is 5.59. The molecule has 0 radical (unpaired) electrons. The number of hydrogen-bond acceptors (Lipinski definition) is 4. The van der Waals surface area contributed by atoms with E-state index < -0.39 is 8.07 Å². The van der Waals surface area contributed by atoms with Crippen molar-refractivity contribution in [2.75, 3.05) is 16.8 Å². The summed E-state index contributed by atoms with van der Waals surface area (Å²) >= 11 is 0. The van der Waals surface area contributed by atoms with Crippen molar-refractivity contribution >= 4 is 57.4 Å². The Kier molecular flexibility index (Phi) is 8.85. The zero-order chi connectivity index (χ0) is 29.2. The molecule has 3 aromatic heterocycles. The van der Waals surface area contributed by atoms with Crippen LogP contribution in [0.5, 0.6) is 0 Å². The molecule has 0 atom stereocenters. The van der Waals surface area contributed by atoms with Crippen LogP contribution in [0.15, 0.2) is 91.3 Å². The first-order valence-corrected chi connectivity index (χ1v) is 17.4. The van der Waals surface area contributed by atoms with E-state index in [1.807, 2.05) is 37.6 Å². The zero-order valence-electron chi connectivity index (χ0n) is 25.6. The maximum Gasteiger partial charge on any atom is 0.135 e. The summed E-state index contributed by atoms with van der Waals surface area (Å²) < 4.78 is 2.25. The minimum absolute atomic E-state index is 0. The molecule has 0 fully saturated rings. The van der Waals surface area contributed by atoms with E-state index in [9.17, 15) is 0 Å². The zero-order valence-corrected chi connectivity index (χ0v) is 31.2. The molecule has 0 aliphatic carbocycles. The van der Waals surface area contributed by atoms with Crippen molar-refractivity contribution in [1.29, 1.82) is 0 Å². The summed E-state index contributed by atoms with van der Waals surface area (Å²) in [5, 5.41) is 4.91. The van der Waals surface area contributed by atoms with Crippen LogP contribution in [-0.4, -0.2) is 29.7 Å². The van der Waals surface area contributed by atoms with Crippen LogP contribution in [0, 0.1) is 18.8 Å². The standard InChI is InChI=1S/C36H34N5Si.2Pt/c1-36(2,3)25-20-26(40-24-39(4)35-32(40)14-11-19-38-35)22-28(21-25)42(5,6)27-16-17-30-29-12-7-8-13-31(29)41(33(30)23-27)34-15-9-10-18-37-34;;/h7-21,24H,1-6H3;;/q-3;;. The number of anilines is 3. The van der Waals surface area contributed by atoms with Crippen molar-refractivity contribution in [3.63, 3.8) is 0 Å². The number of benzene rings is 3. The maximum atomic E-state index is 4.72. The van der Waals surface area contributed by atoms with E-state index >= 15 is 0 Å². The van der Waals surface area contributed by atoms with Gasteiger partial charge < -0.3 is 14.4 Å². The Bertz CT molecular complexity index is 1960. The first-order valence-electron chi connectivity index (χ1n) is 14.4. The van der Waals surface area contributed by atoms with Gasteiger partial charge in [0.2, 0.25) is 0 Å². The smallest absolute Gasteiger partial charge is 0.135 e. The average Bonchev–Trinajstić information content (AvgIpc) is 3.51. The third kappa shape index (κ3) is 5.40. The average molecular weight is 955 g/mol. The normalized spacial score (nSPS) is 13.1. The summed E-state index contributed by atoms with van der Waals surface area (Å²) in [6, 6.07) is 35.8. The predicted octanol–water partition coefficient (Wildman–Crippen LogP) is 7.00. The molecule has 230 valence electrons. The maximum absolute atomic E-state index is 4.72. The van der Waals surface area contributed by atoms with E-state index in [4.69, 9.17) is 4.98 Å². The van der Waals surface area contributed by atoms with Gasteiger partial charge in [-0.1, -0.05) is 63.6 Å². The molecule has 0 bridgehead atoms. The molecule has 5 nitrogen and oxygen atoms in total. The first-order chi connectivity index (χ1) is 20.1. The molecule has 0 amide bonds. The van der Waals surface area contributed by atoms with Crippen LogP contribution >= 0.6 is 0 Å². The Labute approximate surface area is 289 Å². The molecule has 1 aliphatic rings. The topological polar surface area (TPSA) is 37.2 Å². The van der Waals surface area contributed by atoms with E-state index in [1.165, 1.54) is 26.7 Å². The second kappa shape index (κ2) is 12.0. The van der Waals surface area contributed by atoms with Crippen LogP contribution < -0.4 is 20.2 Å². The molecule has 6 aromatic rings. The van der Waals surface area contributed by atoms with Crippen LogP contribution in [0.25, 0.3) is 27.6 Å². The summed E-state index contributed by atoms with van der Waals surface area (Å²) in [6.45, 7) is 13.8. The molecule has 44 heavy (non-hydrogen) atoms. The summed E-state index contributed by atoms with van der Waals surface area (Å²) in [6.07, 6.45) is 3.70. The molecule has 0 spiro atoms. The molecule has 4 heterocycles. The quantitative estimate of drug-likeness (QED) is 0.141. The van der Waals surface area contributed by atoms with Crippen molar-refractivity contribution in [3.05, 3.63) is 116 Å². The molecule has 0 saturated carbocycles. The van der Waals surface area contributed by atoms with Crippen molar-refractivity contribution in [3.8, 4) is 5.82 Å². The second-order valence-corrected chi connectivity index (χ2v) is 17.0. The van der Waals surface area contributed by atoms with E-state index in [-0.39, 0.29) is 47.5 Å². The number of para-hydroxylation sites is 1. The number of pyridine rings is 2. The molecule has 7 rings (SSSR count). The van der Waals surface area contributed by atoms with Gasteiger partial charge in [0.25, 0.3) is 0 Å². The molecular weight excluding hydrogens is 921 g/mol. The van der Waals surface area contributed by atoms with Gasteiger partial charge in [-0.3, -0.25) is 0 Å². The SMILES string of the molecule is CN1[CH-]N(c2[c-]c([Si](C)(C)c3[c-]c4c(cc3)c3ccccc3n4-c3ccccn3)cc(C(C)(C)C)c2)c2cccnc21.[Pt].[Pt].